The quantitative estimate of drug-likeness (QED) is 0.818. The lowest BCUT2D eigenvalue weighted by Crippen LogP contribution is -2.32. The van der Waals surface area contributed by atoms with Gasteiger partial charge in [0.15, 0.2) is 0 Å². The second-order valence-corrected chi connectivity index (χ2v) is 4.83. The Kier molecular flexibility index (Phi) is 5.38. The predicted molar refractivity (Wildman–Crippen MR) is 85.0 cm³/mol. The van der Waals surface area contributed by atoms with Crippen molar-refractivity contribution in [3.8, 4) is 11.5 Å². The fraction of sp³-hybridized carbons (Fsp3) is 0.235. The van der Waals surface area contributed by atoms with E-state index in [0.717, 1.165) is 22.6 Å². The summed E-state index contributed by atoms with van der Waals surface area (Å²) in [4.78, 5) is 11.1. The number of nitrogens with one attached hydrogen (secondary N) is 1. The third kappa shape index (κ3) is 3.99. The first-order chi connectivity index (χ1) is 10.6. The van der Waals surface area contributed by atoms with Gasteiger partial charge in [-0.25, -0.2) is 0 Å². The van der Waals surface area contributed by atoms with Gasteiger partial charge in [-0.3, -0.25) is 10.1 Å². The summed E-state index contributed by atoms with van der Waals surface area (Å²) in [6, 6.07) is 15.3. The lowest BCUT2D eigenvalue weighted by atomic mass is 9.98. The van der Waals surface area contributed by atoms with Gasteiger partial charge in [0.25, 0.3) is 0 Å². The van der Waals surface area contributed by atoms with Crippen LogP contribution in [0.4, 0.5) is 0 Å². The lowest BCUT2D eigenvalue weighted by molar-refractivity contribution is -0.117. The normalized spacial score (nSPS) is 10.5. The number of primary amides is 1. The van der Waals surface area contributed by atoms with E-state index in [4.69, 9.17) is 15.2 Å². The van der Waals surface area contributed by atoms with E-state index < -0.39 is 5.91 Å². The van der Waals surface area contributed by atoms with Crippen molar-refractivity contribution < 1.29 is 14.3 Å². The molecular weight excluding hydrogens is 280 g/mol. The molecule has 0 aliphatic rings. The standard InChI is InChI=1S/C17H20N2O3/c1-21-14-7-3-12(4-8-14)17(19-11-16(18)20)13-5-9-15(22-2)10-6-13/h3-10,17,19H,11H2,1-2H3,(H2,18,20). The molecule has 0 saturated carbocycles. The molecule has 0 fully saturated rings. The molecular formula is C17H20N2O3. The Hall–Kier alpha value is -2.53. The highest BCUT2D eigenvalue weighted by atomic mass is 16.5. The summed E-state index contributed by atoms with van der Waals surface area (Å²) in [5, 5.41) is 3.17. The number of amides is 1. The van der Waals surface area contributed by atoms with Crippen molar-refractivity contribution in [1.82, 2.24) is 5.32 Å². The highest BCUT2D eigenvalue weighted by Gasteiger charge is 2.14. The molecule has 22 heavy (non-hydrogen) atoms. The van der Waals surface area contributed by atoms with E-state index in [1.54, 1.807) is 14.2 Å². The summed E-state index contributed by atoms with van der Waals surface area (Å²) in [5.74, 6) is 1.17. The number of benzene rings is 2. The predicted octanol–water partition coefficient (Wildman–Crippen LogP) is 1.87. The molecule has 2 rings (SSSR count). The van der Waals surface area contributed by atoms with Crippen molar-refractivity contribution in [2.24, 2.45) is 5.73 Å². The zero-order valence-corrected chi connectivity index (χ0v) is 12.7. The van der Waals surface area contributed by atoms with Gasteiger partial charge in [-0.1, -0.05) is 24.3 Å². The second kappa shape index (κ2) is 7.47. The Morgan fingerprint density at radius 2 is 1.36 bits per heavy atom. The molecule has 0 aromatic heterocycles. The van der Waals surface area contributed by atoms with Crippen LogP contribution in [0.25, 0.3) is 0 Å². The van der Waals surface area contributed by atoms with Gasteiger partial charge in [0, 0.05) is 0 Å². The fourth-order valence-corrected chi connectivity index (χ4v) is 2.22. The number of ether oxygens (including phenoxy) is 2. The summed E-state index contributed by atoms with van der Waals surface area (Å²) in [5.41, 5.74) is 7.29. The minimum Gasteiger partial charge on any atom is -0.497 e. The maximum Gasteiger partial charge on any atom is 0.231 e. The van der Waals surface area contributed by atoms with Crippen molar-refractivity contribution in [2.45, 2.75) is 6.04 Å². The van der Waals surface area contributed by atoms with Crippen LogP contribution in [-0.4, -0.2) is 26.7 Å². The van der Waals surface area contributed by atoms with Crippen LogP contribution in [0, 0.1) is 0 Å². The molecule has 0 spiro atoms. The molecule has 0 saturated heterocycles. The summed E-state index contributed by atoms with van der Waals surface area (Å²) >= 11 is 0. The number of carbonyl (C=O) groups excluding carboxylic acids is 1. The van der Waals surface area contributed by atoms with Crippen LogP contribution < -0.4 is 20.5 Å². The number of rotatable bonds is 7. The highest BCUT2D eigenvalue weighted by molar-refractivity contribution is 5.76. The van der Waals surface area contributed by atoms with Gasteiger partial charge in [-0.05, 0) is 35.4 Å². The molecule has 0 aliphatic carbocycles. The molecule has 1 amide bonds. The van der Waals surface area contributed by atoms with E-state index in [0.29, 0.717) is 0 Å². The molecule has 0 bridgehead atoms. The maximum absolute atomic E-state index is 11.1. The van der Waals surface area contributed by atoms with E-state index in [2.05, 4.69) is 5.32 Å². The van der Waals surface area contributed by atoms with E-state index in [1.165, 1.54) is 0 Å². The Balaban J connectivity index is 2.29. The number of carbonyl (C=O) groups is 1. The largest absolute Gasteiger partial charge is 0.497 e. The minimum atomic E-state index is -0.396. The Morgan fingerprint density at radius 1 is 0.955 bits per heavy atom. The van der Waals surface area contributed by atoms with Gasteiger partial charge < -0.3 is 15.2 Å². The van der Waals surface area contributed by atoms with Crippen LogP contribution in [0.2, 0.25) is 0 Å². The van der Waals surface area contributed by atoms with Crippen LogP contribution in [0.1, 0.15) is 17.2 Å². The van der Waals surface area contributed by atoms with Gasteiger partial charge in [0.2, 0.25) is 5.91 Å². The average molecular weight is 300 g/mol. The van der Waals surface area contributed by atoms with Crippen molar-refractivity contribution in [2.75, 3.05) is 20.8 Å². The molecule has 0 unspecified atom stereocenters. The molecule has 2 aromatic rings. The first kappa shape index (κ1) is 15.9. The Labute approximate surface area is 130 Å². The maximum atomic E-state index is 11.1. The number of hydrogen-bond donors (Lipinski definition) is 2. The third-order valence-electron chi connectivity index (χ3n) is 3.38. The van der Waals surface area contributed by atoms with Crippen molar-refractivity contribution in [3.63, 3.8) is 0 Å². The van der Waals surface area contributed by atoms with Gasteiger partial charge in [-0.2, -0.15) is 0 Å². The number of hydrogen-bond acceptors (Lipinski definition) is 4. The van der Waals surface area contributed by atoms with Crippen molar-refractivity contribution in [1.29, 1.82) is 0 Å². The van der Waals surface area contributed by atoms with Crippen LogP contribution in [-0.2, 0) is 4.79 Å². The summed E-state index contributed by atoms with van der Waals surface area (Å²) in [6.45, 7) is 0.0999. The number of methoxy groups -OCH3 is 2. The van der Waals surface area contributed by atoms with Crippen molar-refractivity contribution in [3.05, 3.63) is 59.7 Å². The van der Waals surface area contributed by atoms with Gasteiger partial charge in [0.05, 0.1) is 26.8 Å². The zero-order valence-electron chi connectivity index (χ0n) is 12.7. The highest BCUT2D eigenvalue weighted by Crippen LogP contribution is 2.25. The van der Waals surface area contributed by atoms with E-state index in [-0.39, 0.29) is 12.6 Å². The van der Waals surface area contributed by atoms with Gasteiger partial charge >= 0.3 is 0 Å². The van der Waals surface area contributed by atoms with Crippen LogP contribution in [0.15, 0.2) is 48.5 Å². The number of nitrogens with two attached hydrogens (primary N) is 1. The summed E-state index contributed by atoms with van der Waals surface area (Å²) in [6.07, 6.45) is 0. The topological polar surface area (TPSA) is 73.6 Å². The monoisotopic (exact) mass is 300 g/mol. The molecule has 0 aliphatic heterocycles. The van der Waals surface area contributed by atoms with Crippen LogP contribution in [0.5, 0.6) is 11.5 Å². The lowest BCUT2D eigenvalue weighted by Gasteiger charge is -2.19. The minimum absolute atomic E-state index is 0.0999. The summed E-state index contributed by atoms with van der Waals surface area (Å²) < 4.78 is 10.3. The SMILES string of the molecule is COc1ccc(C(NCC(N)=O)c2ccc(OC)cc2)cc1. The molecule has 5 heteroatoms. The molecule has 0 atom stereocenters. The molecule has 116 valence electrons. The first-order valence-electron chi connectivity index (χ1n) is 6.93. The molecule has 2 aromatic carbocycles. The van der Waals surface area contributed by atoms with Gasteiger partial charge in [0.1, 0.15) is 11.5 Å². The fourth-order valence-electron chi connectivity index (χ4n) is 2.22. The average Bonchev–Trinajstić information content (AvgIpc) is 2.56. The molecule has 0 radical (unpaired) electrons. The third-order valence-corrected chi connectivity index (χ3v) is 3.38. The van der Waals surface area contributed by atoms with Gasteiger partial charge in [-0.15, -0.1) is 0 Å². The van der Waals surface area contributed by atoms with E-state index in [1.807, 2.05) is 48.5 Å². The second-order valence-electron chi connectivity index (χ2n) is 4.83. The zero-order chi connectivity index (χ0) is 15.9. The van der Waals surface area contributed by atoms with Crippen LogP contribution >= 0.6 is 0 Å². The van der Waals surface area contributed by atoms with Crippen molar-refractivity contribution >= 4 is 5.91 Å². The first-order valence-corrected chi connectivity index (χ1v) is 6.93. The van der Waals surface area contributed by atoms with Crippen LogP contribution in [0.3, 0.4) is 0 Å². The van der Waals surface area contributed by atoms with E-state index in [9.17, 15) is 4.79 Å². The Bertz CT molecular complexity index is 561. The molecule has 0 heterocycles. The molecule has 3 N–H and O–H groups in total. The van der Waals surface area contributed by atoms with E-state index >= 15 is 0 Å². The Morgan fingerprint density at radius 3 is 1.68 bits per heavy atom. The summed E-state index contributed by atoms with van der Waals surface area (Å²) in [7, 11) is 3.25. The smallest absolute Gasteiger partial charge is 0.231 e. The molecule has 5 nitrogen and oxygen atoms in total.